The van der Waals surface area contributed by atoms with Crippen LogP contribution in [0.25, 0.3) is 6.08 Å². The first-order valence-corrected chi connectivity index (χ1v) is 7.42. The van der Waals surface area contributed by atoms with Gasteiger partial charge in [0.25, 0.3) is 0 Å². The van der Waals surface area contributed by atoms with E-state index in [2.05, 4.69) is 18.7 Å². The van der Waals surface area contributed by atoms with E-state index in [4.69, 9.17) is 0 Å². The van der Waals surface area contributed by atoms with Crippen LogP contribution in [0.3, 0.4) is 0 Å². The van der Waals surface area contributed by atoms with Gasteiger partial charge in [-0.3, -0.25) is 4.79 Å². The van der Waals surface area contributed by atoms with Crippen molar-refractivity contribution in [3.8, 4) is 5.75 Å². The number of nitrogens with zero attached hydrogens (tertiary/aromatic N) is 1. The van der Waals surface area contributed by atoms with Crippen LogP contribution in [0.1, 0.15) is 45.1 Å². The van der Waals surface area contributed by atoms with E-state index in [1.54, 1.807) is 12.1 Å². The number of hydrogen-bond donors (Lipinski definition) is 1. The summed E-state index contributed by atoms with van der Waals surface area (Å²) in [6.07, 6.45) is 8.34. The summed E-state index contributed by atoms with van der Waals surface area (Å²) in [6.45, 7) is 6.39. The van der Waals surface area contributed by atoms with E-state index in [1.807, 2.05) is 12.1 Å². The summed E-state index contributed by atoms with van der Waals surface area (Å²) >= 11 is 0. The minimum absolute atomic E-state index is 0.221. The van der Waals surface area contributed by atoms with Crippen LogP contribution in [0.4, 0.5) is 5.69 Å². The van der Waals surface area contributed by atoms with Crippen LogP contribution in [0.15, 0.2) is 24.3 Å². The van der Waals surface area contributed by atoms with Gasteiger partial charge in [-0.25, -0.2) is 0 Å². The van der Waals surface area contributed by atoms with E-state index < -0.39 is 0 Å². The number of aldehydes is 1. The van der Waals surface area contributed by atoms with Gasteiger partial charge in [-0.2, -0.15) is 0 Å². The molecule has 0 heterocycles. The van der Waals surface area contributed by atoms with Crippen LogP contribution in [0, 0.1) is 0 Å². The Kier molecular flexibility index (Phi) is 7.48. The highest BCUT2D eigenvalue weighted by Gasteiger charge is 2.08. The number of hydrogen-bond acceptors (Lipinski definition) is 3. The molecule has 3 nitrogen and oxygen atoms in total. The molecule has 0 aliphatic heterocycles. The van der Waals surface area contributed by atoms with Gasteiger partial charge < -0.3 is 10.0 Å². The van der Waals surface area contributed by atoms with Crippen LogP contribution >= 0.6 is 0 Å². The number of phenolic OH excluding ortho intramolecular Hbond substituents is 1. The number of benzene rings is 1. The number of carbonyl (C=O) groups excluding carboxylic acids is 1. The Morgan fingerprint density at radius 2 is 1.80 bits per heavy atom. The quantitative estimate of drug-likeness (QED) is 0.547. The van der Waals surface area contributed by atoms with E-state index in [1.165, 1.54) is 6.08 Å². The maximum absolute atomic E-state index is 10.3. The van der Waals surface area contributed by atoms with Crippen molar-refractivity contribution in [1.29, 1.82) is 0 Å². The molecule has 0 saturated heterocycles. The fraction of sp³-hybridized carbons (Fsp3) is 0.471. The van der Waals surface area contributed by atoms with Gasteiger partial charge in [0, 0.05) is 30.4 Å². The van der Waals surface area contributed by atoms with E-state index in [0.717, 1.165) is 44.5 Å². The van der Waals surface area contributed by atoms with Gasteiger partial charge in [0.2, 0.25) is 0 Å². The second-order valence-corrected chi connectivity index (χ2v) is 4.93. The third-order valence-electron chi connectivity index (χ3n) is 3.30. The molecule has 3 heteroatoms. The van der Waals surface area contributed by atoms with Crippen molar-refractivity contribution in [2.24, 2.45) is 0 Å². The zero-order chi connectivity index (χ0) is 14.8. The molecule has 0 unspecified atom stereocenters. The van der Waals surface area contributed by atoms with Gasteiger partial charge >= 0.3 is 0 Å². The molecule has 110 valence electrons. The summed E-state index contributed by atoms with van der Waals surface area (Å²) in [6, 6.07) is 5.65. The largest absolute Gasteiger partial charge is 0.507 e. The highest BCUT2D eigenvalue weighted by atomic mass is 16.3. The molecule has 0 atom stereocenters. The Hall–Kier alpha value is -1.77. The Bertz CT molecular complexity index is 433. The van der Waals surface area contributed by atoms with Gasteiger partial charge in [0.05, 0.1) is 0 Å². The number of aromatic hydroxyl groups is 1. The molecule has 0 spiro atoms. The van der Waals surface area contributed by atoms with E-state index in [9.17, 15) is 9.90 Å². The van der Waals surface area contributed by atoms with Crippen LogP contribution in [0.5, 0.6) is 5.75 Å². The number of carbonyl (C=O) groups is 1. The second-order valence-electron chi connectivity index (χ2n) is 4.93. The Morgan fingerprint density at radius 1 is 1.15 bits per heavy atom. The maximum atomic E-state index is 10.3. The van der Waals surface area contributed by atoms with Gasteiger partial charge in [-0.1, -0.05) is 26.7 Å². The molecule has 0 fully saturated rings. The minimum Gasteiger partial charge on any atom is -0.507 e. The fourth-order valence-corrected chi connectivity index (χ4v) is 2.08. The third kappa shape index (κ3) is 5.08. The SMILES string of the molecule is CCCCN(CCCC)c1ccc(/C=C/C=O)c(O)c1. The average molecular weight is 275 g/mol. The molecule has 0 saturated carbocycles. The Balaban J connectivity index is 2.87. The molecular weight excluding hydrogens is 250 g/mol. The summed E-state index contributed by atoms with van der Waals surface area (Å²) in [7, 11) is 0. The monoisotopic (exact) mass is 275 g/mol. The summed E-state index contributed by atoms with van der Waals surface area (Å²) in [5, 5.41) is 10.0. The molecular formula is C17H25NO2. The van der Waals surface area contributed by atoms with Crippen molar-refractivity contribution in [3.05, 3.63) is 29.8 Å². The topological polar surface area (TPSA) is 40.5 Å². The van der Waals surface area contributed by atoms with Crippen LogP contribution in [0.2, 0.25) is 0 Å². The number of rotatable bonds is 9. The molecule has 1 rings (SSSR count). The predicted octanol–water partition coefficient (Wildman–Crippen LogP) is 4.01. The predicted molar refractivity (Wildman–Crippen MR) is 85.2 cm³/mol. The van der Waals surface area contributed by atoms with E-state index >= 15 is 0 Å². The van der Waals surface area contributed by atoms with Crippen molar-refractivity contribution >= 4 is 18.0 Å². The van der Waals surface area contributed by atoms with Crippen molar-refractivity contribution in [2.75, 3.05) is 18.0 Å². The van der Waals surface area contributed by atoms with Crippen LogP contribution in [-0.4, -0.2) is 24.5 Å². The molecule has 20 heavy (non-hydrogen) atoms. The Morgan fingerprint density at radius 3 is 2.30 bits per heavy atom. The van der Waals surface area contributed by atoms with E-state index in [-0.39, 0.29) is 5.75 Å². The van der Waals surface area contributed by atoms with Crippen LogP contribution in [-0.2, 0) is 4.79 Å². The zero-order valence-electron chi connectivity index (χ0n) is 12.5. The Labute approximate surface area is 121 Å². The molecule has 0 bridgehead atoms. The van der Waals surface area contributed by atoms with Crippen molar-refractivity contribution in [2.45, 2.75) is 39.5 Å². The minimum atomic E-state index is 0.221. The lowest BCUT2D eigenvalue weighted by molar-refractivity contribution is -0.104. The number of anilines is 1. The number of unbranched alkanes of at least 4 members (excludes halogenated alkanes) is 2. The molecule has 0 aliphatic carbocycles. The zero-order valence-corrected chi connectivity index (χ0v) is 12.5. The molecule has 0 aromatic heterocycles. The normalized spacial score (nSPS) is 10.9. The van der Waals surface area contributed by atoms with Crippen LogP contribution < -0.4 is 4.90 Å². The molecule has 1 N–H and O–H groups in total. The lowest BCUT2D eigenvalue weighted by Gasteiger charge is -2.25. The van der Waals surface area contributed by atoms with Crippen molar-refractivity contribution < 1.29 is 9.90 Å². The molecule has 0 aliphatic rings. The van der Waals surface area contributed by atoms with Gasteiger partial charge in [0.15, 0.2) is 0 Å². The number of allylic oxidation sites excluding steroid dienone is 1. The lowest BCUT2D eigenvalue weighted by atomic mass is 10.1. The summed E-state index contributed by atoms with van der Waals surface area (Å²) in [5.41, 5.74) is 1.72. The van der Waals surface area contributed by atoms with E-state index in [0.29, 0.717) is 11.8 Å². The van der Waals surface area contributed by atoms with Gasteiger partial charge in [-0.05, 0) is 37.1 Å². The fourth-order valence-electron chi connectivity index (χ4n) is 2.08. The first kappa shape index (κ1) is 16.3. The van der Waals surface area contributed by atoms with Gasteiger partial charge in [0.1, 0.15) is 12.0 Å². The molecule has 0 amide bonds. The summed E-state index contributed by atoms with van der Waals surface area (Å²) in [4.78, 5) is 12.6. The molecule has 1 aromatic rings. The lowest BCUT2D eigenvalue weighted by Crippen LogP contribution is -2.25. The van der Waals surface area contributed by atoms with Crippen molar-refractivity contribution in [3.63, 3.8) is 0 Å². The smallest absolute Gasteiger partial charge is 0.142 e. The number of phenols is 1. The summed E-state index contributed by atoms with van der Waals surface area (Å²) in [5.74, 6) is 0.221. The highest BCUT2D eigenvalue weighted by Crippen LogP contribution is 2.26. The highest BCUT2D eigenvalue weighted by molar-refractivity contribution is 5.76. The standard InChI is InChI=1S/C17H25NO2/c1-3-5-11-18(12-6-4-2)16-10-9-15(8-7-13-19)17(20)14-16/h7-10,13-14,20H,3-6,11-12H2,1-2H3/b8-7+. The first-order chi connectivity index (χ1) is 9.72. The maximum Gasteiger partial charge on any atom is 0.142 e. The average Bonchev–Trinajstić information content (AvgIpc) is 2.46. The molecule has 1 aromatic carbocycles. The molecule has 0 radical (unpaired) electrons. The third-order valence-corrected chi connectivity index (χ3v) is 3.30. The second kappa shape index (κ2) is 9.18. The van der Waals surface area contributed by atoms with Crippen molar-refractivity contribution in [1.82, 2.24) is 0 Å². The first-order valence-electron chi connectivity index (χ1n) is 7.42. The summed E-state index contributed by atoms with van der Waals surface area (Å²) < 4.78 is 0. The van der Waals surface area contributed by atoms with Gasteiger partial charge in [-0.15, -0.1) is 0 Å².